The van der Waals surface area contributed by atoms with Crippen molar-refractivity contribution in [3.63, 3.8) is 0 Å². The Balaban J connectivity index is 1.85. The molecule has 1 N–H and O–H groups in total. The molecule has 2 nitrogen and oxygen atoms in total. The van der Waals surface area contributed by atoms with Crippen LogP contribution in [0.2, 0.25) is 5.02 Å². The van der Waals surface area contributed by atoms with E-state index >= 15 is 0 Å². The largest absolute Gasteiger partial charge is 0.309 e. The standard InChI is InChI=1S/C15H15ClN2/c16-14-8-7-11(10-18-12-4-1-2-5-12)15-13(14)6-3-9-17-15/h1-3,6-9,12,18H,4-5,10H2. The second-order valence-corrected chi connectivity index (χ2v) is 5.03. The van der Waals surface area contributed by atoms with Crippen molar-refractivity contribution in [2.45, 2.75) is 25.4 Å². The SMILES string of the molecule is Clc1ccc(CNC2CC=CC2)c2ncccc12. The highest BCUT2D eigenvalue weighted by Crippen LogP contribution is 2.25. The number of fused-ring (bicyclic) bond motifs is 1. The van der Waals surface area contributed by atoms with Crippen LogP contribution in [0.3, 0.4) is 0 Å². The highest BCUT2D eigenvalue weighted by molar-refractivity contribution is 6.35. The van der Waals surface area contributed by atoms with Gasteiger partial charge in [-0.05, 0) is 36.6 Å². The maximum atomic E-state index is 6.19. The maximum Gasteiger partial charge on any atom is 0.0761 e. The molecule has 0 amide bonds. The van der Waals surface area contributed by atoms with Crippen molar-refractivity contribution in [2.75, 3.05) is 0 Å². The first-order chi connectivity index (χ1) is 8.84. The lowest BCUT2D eigenvalue weighted by molar-refractivity contribution is 0.539. The summed E-state index contributed by atoms with van der Waals surface area (Å²) in [5, 5.41) is 5.36. The third-order valence-electron chi connectivity index (χ3n) is 3.39. The Morgan fingerprint density at radius 3 is 2.89 bits per heavy atom. The van der Waals surface area contributed by atoms with Gasteiger partial charge in [0, 0.05) is 29.2 Å². The van der Waals surface area contributed by atoms with Crippen LogP contribution in [-0.2, 0) is 6.54 Å². The molecule has 0 aliphatic heterocycles. The van der Waals surface area contributed by atoms with E-state index in [1.54, 1.807) is 0 Å². The fourth-order valence-electron chi connectivity index (χ4n) is 2.38. The van der Waals surface area contributed by atoms with Gasteiger partial charge in [0.1, 0.15) is 0 Å². The van der Waals surface area contributed by atoms with Gasteiger partial charge < -0.3 is 5.32 Å². The van der Waals surface area contributed by atoms with Gasteiger partial charge in [0.15, 0.2) is 0 Å². The first-order valence-electron chi connectivity index (χ1n) is 6.25. The predicted octanol–water partition coefficient (Wildman–Crippen LogP) is 3.70. The van der Waals surface area contributed by atoms with E-state index < -0.39 is 0 Å². The van der Waals surface area contributed by atoms with E-state index in [1.165, 1.54) is 5.56 Å². The third kappa shape index (κ3) is 2.26. The molecule has 18 heavy (non-hydrogen) atoms. The van der Waals surface area contributed by atoms with Gasteiger partial charge in [0.2, 0.25) is 0 Å². The fraction of sp³-hybridized carbons (Fsp3) is 0.267. The molecule has 0 saturated carbocycles. The molecule has 1 heterocycles. The summed E-state index contributed by atoms with van der Waals surface area (Å²) in [5.41, 5.74) is 2.21. The zero-order chi connectivity index (χ0) is 12.4. The summed E-state index contributed by atoms with van der Waals surface area (Å²) in [7, 11) is 0. The Morgan fingerprint density at radius 2 is 2.06 bits per heavy atom. The van der Waals surface area contributed by atoms with Crippen LogP contribution >= 0.6 is 11.6 Å². The average Bonchev–Trinajstić information content (AvgIpc) is 2.92. The van der Waals surface area contributed by atoms with Crippen LogP contribution in [0.25, 0.3) is 10.9 Å². The summed E-state index contributed by atoms with van der Waals surface area (Å²) in [6, 6.07) is 8.53. The molecule has 0 atom stereocenters. The predicted molar refractivity (Wildman–Crippen MR) is 75.8 cm³/mol. The fourth-order valence-corrected chi connectivity index (χ4v) is 2.59. The molecule has 3 heteroatoms. The number of nitrogens with one attached hydrogen (secondary N) is 1. The molecule has 1 aliphatic carbocycles. The smallest absolute Gasteiger partial charge is 0.0761 e. The minimum absolute atomic E-state index is 0.569. The van der Waals surface area contributed by atoms with E-state index in [0.29, 0.717) is 6.04 Å². The normalized spacial score (nSPS) is 15.6. The minimum Gasteiger partial charge on any atom is -0.309 e. The van der Waals surface area contributed by atoms with E-state index in [1.807, 2.05) is 24.4 Å². The molecule has 92 valence electrons. The molecule has 0 saturated heterocycles. The second-order valence-electron chi connectivity index (χ2n) is 4.63. The van der Waals surface area contributed by atoms with Crippen molar-refractivity contribution in [3.05, 3.63) is 53.2 Å². The number of pyridine rings is 1. The van der Waals surface area contributed by atoms with E-state index in [0.717, 1.165) is 35.3 Å². The number of hydrogen-bond donors (Lipinski definition) is 1. The molecule has 1 aromatic carbocycles. The van der Waals surface area contributed by atoms with Crippen LogP contribution < -0.4 is 5.32 Å². The summed E-state index contributed by atoms with van der Waals surface area (Å²) in [6.07, 6.45) is 8.53. The van der Waals surface area contributed by atoms with Gasteiger partial charge in [-0.25, -0.2) is 0 Å². The Hall–Kier alpha value is -1.38. The van der Waals surface area contributed by atoms with Crippen LogP contribution in [-0.4, -0.2) is 11.0 Å². The molecule has 1 aromatic heterocycles. The van der Waals surface area contributed by atoms with Gasteiger partial charge in [-0.2, -0.15) is 0 Å². The summed E-state index contributed by atoms with van der Waals surface area (Å²) >= 11 is 6.19. The van der Waals surface area contributed by atoms with E-state index in [2.05, 4.69) is 28.5 Å². The number of halogens is 1. The summed E-state index contributed by atoms with van der Waals surface area (Å²) < 4.78 is 0. The molecule has 0 unspecified atom stereocenters. The van der Waals surface area contributed by atoms with Crippen molar-refractivity contribution in [2.24, 2.45) is 0 Å². The quantitative estimate of drug-likeness (QED) is 0.850. The Morgan fingerprint density at radius 1 is 1.22 bits per heavy atom. The Kier molecular flexibility index (Phi) is 3.31. The zero-order valence-corrected chi connectivity index (χ0v) is 10.8. The third-order valence-corrected chi connectivity index (χ3v) is 3.72. The molecular weight excluding hydrogens is 244 g/mol. The van der Waals surface area contributed by atoms with Crippen LogP contribution in [0.1, 0.15) is 18.4 Å². The van der Waals surface area contributed by atoms with Crippen molar-refractivity contribution in [1.82, 2.24) is 10.3 Å². The van der Waals surface area contributed by atoms with Crippen molar-refractivity contribution in [3.8, 4) is 0 Å². The van der Waals surface area contributed by atoms with E-state index in [4.69, 9.17) is 11.6 Å². The van der Waals surface area contributed by atoms with Crippen molar-refractivity contribution >= 4 is 22.5 Å². The van der Waals surface area contributed by atoms with Gasteiger partial charge in [0.05, 0.1) is 5.52 Å². The van der Waals surface area contributed by atoms with Crippen LogP contribution in [0, 0.1) is 0 Å². The molecule has 3 rings (SSSR count). The van der Waals surface area contributed by atoms with Gasteiger partial charge in [0.25, 0.3) is 0 Å². The second kappa shape index (κ2) is 5.09. The number of nitrogens with zero attached hydrogens (tertiary/aromatic N) is 1. The topological polar surface area (TPSA) is 24.9 Å². The lowest BCUT2D eigenvalue weighted by Gasteiger charge is -2.13. The molecule has 0 fully saturated rings. The summed E-state index contributed by atoms with van der Waals surface area (Å²) in [4.78, 5) is 4.45. The minimum atomic E-state index is 0.569. The van der Waals surface area contributed by atoms with Crippen molar-refractivity contribution < 1.29 is 0 Å². The molecule has 1 aliphatic rings. The molecular formula is C15H15ClN2. The lowest BCUT2D eigenvalue weighted by atomic mass is 10.1. The van der Waals surface area contributed by atoms with Gasteiger partial charge in [-0.15, -0.1) is 0 Å². The maximum absolute atomic E-state index is 6.19. The van der Waals surface area contributed by atoms with Crippen LogP contribution in [0.15, 0.2) is 42.6 Å². The van der Waals surface area contributed by atoms with Crippen LogP contribution in [0.5, 0.6) is 0 Å². The highest BCUT2D eigenvalue weighted by Gasteiger charge is 2.11. The lowest BCUT2D eigenvalue weighted by Crippen LogP contribution is -2.25. The highest BCUT2D eigenvalue weighted by atomic mass is 35.5. The molecule has 2 aromatic rings. The molecule has 0 radical (unpaired) electrons. The molecule has 0 spiro atoms. The first-order valence-corrected chi connectivity index (χ1v) is 6.63. The monoisotopic (exact) mass is 258 g/mol. The number of aromatic nitrogens is 1. The van der Waals surface area contributed by atoms with Crippen molar-refractivity contribution in [1.29, 1.82) is 0 Å². The van der Waals surface area contributed by atoms with Gasteiger partial charge >= 0.3 is 0 Å². The number of hydrogen-bond acceptors (Lipinski definition) is 2. The van der Waals surface area contributed by atoms with Crippen LogP contribution in [0.4, 0.5) is 0 Å². The van der Waals surface area contributed by atoms with E-state index in [-0.39, 0.29) is 0 Å². The Labute approximate surface area is 112 Å². The van der Waals surface area contributed by atoms with Gasteiger partial charge in [-0.3, -0.25) is 4.98 Å². The molecule has 0 bridgehead atoms. The summed E-state index contributed by atoms with van der Waals surface area (Å²) in [5.74, 6) is 0. The number of rotatable bonds is 3. The first kappa shape index (κ1) is 11.7. The van der Waals surface area contributed by atoms with Gasteiger partial charge in [-0.1, -0.05) is 29.8 Å². The zero-order valence-electron chi connectivity index (χ0n) is 10.1. The number of benzene rings is 1. The summed E-state index contributed by atoms with van der Waals surface area (Å²) in [6.45, 7) is 0.844. The average molecular weight is 259 g/mol. The Bertz CT molecular complexity index is 584. The van der Waals surface area contributed by atoms with E-state index in [9.17, 15) is 0 Å².